The van der Waals surface area contributed by atoms with E-state index in [0.717, 1.165) is 18.4 Å². The van der Waals surface area contributed by atoms with E-state index in [4.69, 9.17) is 4.74 Å². The predicted molar refractivity (Wildman–Crippen MR) is 92.5 cm³/mol. The van der Waals surface area contributed by atoms with Gasteiger partial charge in [0.1, 0.15) is 0 Å². The lowest BCUT2D eigenvalue weighted by Gasteiger charge is -2.39. The molecular formula is C18H27N3O3. The minimum atomic E-state index is -0.550. The highest BCUT2D eigenvalue weighted by molar-refractivity contribution is 5.84. The number of carbonyl (C=O) groups is 2. The minimum Gasteiger partial charge on any atom is -0.383 e. The van der Waals surface area contributed by atoms with Crippen LogP contribution in [0.15, 0.2) is 30.3 Å². The third-order valence-corrected chi connectivity index (χ3v) is 4.41. The second-order valence-corrected chi connectivity index (χ2v) is 6.48. The zero-order chi connectivity index (χ0) is 17.4. The van der Waals surface area contributed by atoms with Gasteiger partial charge in [-0.25, -0.2) is 4.79 Å². The van der Waals surface area contributed by atoms with Crippen LogP contribution in [-0.4, -0.2) is 50.2 Å². The normalized spacial score (nSPS) is 20.5. The highest BCUT2D eigenvalue weighted by Gasteiger charge is 2.39. The molecule has 1 aliphatic heterocycles. The molecule has 24 heavy (non-hydrogen) atoms. The molecule has 0 spiro atoms. The van der Waals surface area contributed by atoms with Crippen molar-refractivity contribution >= 4 is 11.9 Å². The van der Waals surface area contributed by atoms with Gasteiger partial charge in [-0.05, 0) is 25.3 Å². The quantitative estimate of drug-likeness (QED) is 0.779. The van der Waals surface area contributed by atoms with Crippen molar-refractivity contribution in [3.63, 3.8) is 0 Å². The Kier molecular flexibility index (Phi) is 6.61. The highest BCUT2D eigenvalue weighted by Crippen LogP contribution is 2.29. The van der Waals surface area contributed by atoms with Gasteiger partial charge in [0.2, 0.25) is 5.91 Å². The molecule has 0 radical (unpaired) electrons. The van der Waals surface area contributed by atoms with Crippen LogP contribution in [0.1, 0.15) is 25.3 Å². The van der Waals surface area contributed by atoms with E-state index in [2.05, 4.69) is 10.6 Å². The summed E-state index contributed by atoms with van der Waals surface area (Å²) in [6, 6.07) is 9.70. The summed E-state index contributed by atoms with van der Waals surface area (Å²) in [6.45, 7) is 4.52. The third-order valence-electron chi connectivity index (χ3n) is 4.41. The van der Waals surface area contributed by atoms with Crippen LogP contribution in [0.3, 0.4) is 0 Å². The second-order valence-electron chi connectivity index (χ2n) is 6.48. The average Bonchev–Trinajstić information content (AvgIpc) is 2.60. The van der Waals surface area contributed by atoms with Crippen LogP contribution in [0.4, 0.5) is 4.79 Å². The smallest absolute Gasteiger partial charge is 0.317 e. The molecule has 0 aromatic heterocycles. The Balaban J connectivity index is 1.88. The number of methoxy groups -OCH3 is 1. The molecule has 1 saturated heterocycles. The van der Waals surface area contributed by atoms with Crippen LogP contribution >= 0.6 is 0 Å². The number of piperidine rings is 1. The van der Waals surface area contributed by atoms with Crippen molar-refractivity contribution in [3.05, 3.63) is 35.9 Å². The van der Waals surface area contributed by atoms with Gasteiger partial charge in [-0.2, -0.15) is 0 Å². The Morgan fingerprint density at radius 3 is 2.71 bits per heavy atom. The zero-order valence-electron chi connectivity index (χ0n) is 14.5. The van der Waals surface area contributed by atoms with E-state index in [1.807, 2.05) is 37.3 Å². The average molecular weight is 333 g/mol. The second kappa shape index (κ2) is 8.68. The molecule has 0 aliphatic carbocycles. The minimum absolute atomic E-state index is 0.000689. The number of urea groups is 1. The summed E-state index contributed by atoms with van der Waals surface area (Å²) in [5.41, 5.74) is 0.519. The number of hydrogen-bond acceptors (Lipinski definition) is 3. The van der Waals surface area contributed by atoms with E-state index in [1.54, 1.807) is 12.0 Å². The summed E-state index contributed by atoms with van der Waals surface area (Å²) in [4.78, 5) is 26.5. The number of nitrogens with one attached hydrogen (secondary N) is 2. The molecule has 1 aliphatic rings. The van der Waals surface area contributed by atoms with Crippen molar-refractivity contribution in [2.45, 2.75) is 26.3 Å². The van der Waals surface area contributed by atoms with E-state index < -0.39 is 5.41 Å². The van der Waals surface area contributed by atoms with Crippen molar-refractivity contribution in [3.8, 4) is 0 Å². The van der Waals surface area contributed by atoms with Crippen molar-refractivity contribution in [2.75, 3.05) is 33.4 Å². The molecule has 6 nitrogen and oxygen atoms in total. The number of amides is 3. The fraction of sp³-hybridized carbons (Fsp3) is 0.556. The summed E-state index contributed by atoms with van der Waals surface area (Å²) in [5, 5.41) is 5.82. The molecule has 1 heterocycles. The zero-order valence-corrected chi connectivity index (χ0v) is 14.5. The van der Waals surface area contributed by atoms with Gasteiger partial charge in [0.25, 0.3) is 0 Å². The van der Waals surface area contributed by atoms with Crippen LogP contribution in [0.2, 0.25) is 0 Å². The first kappa shape index (κ1) is 18.3. The van der Waals surface area contributed by atoms with Crippen LogP contribution in [0.5, 0.6) is 0 Å². The number of likely N-dealkylation sites (tertiary alicyclic amines) is 1. The molecule has 1 fully saturated rings. The van der Waals surface area contributed by atoms with Gasteiger partial charge in [0, 0.05) is 33.3 Å². The summed E-state index contributed by atoms with van der Waals surface area (Å²) in [6.07, 6.45) is 1.61. The van der Waals surface area contributed by atoms with Crippen LogP contribution in [0, 0.1) is 5.41 Å². The number of rotatable bonds is 6. The lowest BCUT2D eigenvalue weighted by Crippen LogP contribution is -2.54. The number of hydrogen-bond donors (Lipinski definition) is 2. The molecule has 0 bridgehead atoms. The van der Waals surface area contributed by atoms with Gasteiger partial charge < -0.3 is 20.3 Å². The molecule has 0 saturated carbocycles. The summed E-state index contributed by atoms with van der Waals surface area (Å²) >= 11 is 0. The first-order valence-corrected chi connectivity index (χ1v) is 8.39. The van der Waals surface area contributed by atoms with Crippen LogP contribution < -0.4 is 10.6 Å². The fourth-order valence-electron chi connectivity index (χ4n) is 2.96. The Morgan fingerprint density at radius 2 is 2.00 bits per heavy atom. The fourth-order valence-corrected chi connectivity index (χ4v) is 2.96. The maximum atomic E-state index is 12.6. The molecule has 1 aromatic carbocycles. The van der Waals surface area contributed by atoms with Crippen molar-refractivity contribution in [1.82, 2.24) is 15.5 Å². The molecule has 6 heteroatoms. The molecule has 132 valence electrons. The van der Waals surface area contributed by atoms with Crippen molar-refractivity contribution in [1.29, 1.82) is 0 Å². The molecule has 1 aromatic rings. The molecule has 2 rings (SSSR count). The number of benzene rings is 1. The van der Waals surface area contributed by atoms with E-state index in [-0.39, 0.29) is 11.9 Å². The number of nitrogens with zero attached hydrogens (tertiary/aromatic N) is 1. The topological polar surface area (TPSA) is 70.7 Å². The van der Waals surface area contributed by atoms with Crippen molar-refractivity contribution in [2.24, 2.45) is 5.41 Å². The van der Waals surface area contributed by atoms with Crippen LogP contribution in [0.25, 0.3) is 0 Å². The Labute approximate surface area is 143 Å². The SMILES string of the molecule is COCCNC(=O)N1CCC[C@@](C)(C(=O)NCc2ccccc2)C1. The highest BCUT2D eigenvalue weighted by atomic mass is 16.5. The van der Waals surface area contributed by atoms with Crippen LogP contribution in [-0.2, 0) is 16.1 Å². The van der Waals surface area contributed by atoms with Gasteiger partial charge in [0.15, 0.2) is 0 Å². The monoisotopic (exact) mass is 333 g/mol. The Bertz CT molecular complexity index is 550. The summed E-state index contributed by atoms with van der Waals surface area (Å²) < 4.78 is 4.94. The van der Waals surface area contributed by atoms with E-state index in [0.29, 0.717) is 32.8 Å². The standard InChI is InChI=1S/C18H27N3O3/c1-18(16(22)20-13-15-7-4-3-5-8-15)9-6-11-21(14-18)17(23)19-10-12-24-2/h3-5,7-8H,6,9-14H2,1-2H3,(H,19,23)(H,20,22)/t18-/m1/s1. The van der Waals surface area contributed by atoms with Gasteiger partial charge in [-0.3, -0.25) is 4.79 Å². The largest absolute Gasteiger partial charge is 0.383 e. The first-order valence-electron chi connectivity index (χ1n) is 8.39. The summed E-state index contributed by atoms with van der Waals surface area (Å²) in [7, 11) is 1.60. The number of ether oxygens (including phenoxy) is 1. The molecule has 2 N–H and O–H groups in total. The lowest BCUT2D eigenvalue weighted by molar-refractivity contribution is -0.132. The number of carbonyl (C=O) groups excluding carboxylic acids is 2. The molecule has 0 unspecified atom stereocenters. The summed E-state index contributed by atoms with van der Waals surface area (Å²) in [5.74, 6) is 0.000689. The molecule has 1 atom stereocenters. The van der Waals surface area contributed by atoms with Crippen molar-refractivity contribution < 1.29 is 14.3 Å². The Morgan fingerprint density at radius 1 is 1.25 bits per heavy atom. The van der Waals surface area contributed by atoms with Gasteiger partial charge in [-0.1, -0.05) is 30.3 Å². The van der Waals surface area contributed by atoms with E-state index >= 15 is 0 Å². The molecular weight excluding hydrogens is 306 g/mol. The third kappa shape index (κ3) is 4.96. The first-order chi connectivity index (χ1) is 11.5. The lowest BCUT2D eigenvalue weighted by atomic mass is 9.81. The maximum absolute atomic E-state index is 12.6. The van der Waals surface area contributed by atoms with E-state index in [1.165, 1.54) is 0 Å². The predicted octanol–water partition coefficient (Wildman–Crippen LogP) is 1.76. The maximum Gasteiger partial charge on any atom is 0.317 e. The van der Waals surface area contributed by atoms with E-state index in [9.17, 15) is 9.59 Å². The van der Waals surface area contributed by atoms with Gasteiger partial charge in [0.05, 0.1) is 12.0 Å². The molecule has 3 amide bonds. The van der Waals surface area contributed by atoms with Gasteiger partial charge in [-0.15, -0.1) is 0 Å². The van der Waals surface area contributed by atoms with Gasteiger partial charge >= 0.3 is 6.03 Å². The Hall–Kier alpha value is -2.08.